The Labute approximate surface area is 387 Å². The summed E-state index contributed by atoms with van der Waals surface area (Å²) in [5, 5.41) is 45.7. The number of aliphatic hydroxyl groups excluding tert-OH is 3. The van der Waals surface area contributed by atoms with Crippen molar-refractivity contribution in [2.75, 3.05) is 27.9 Å². The molecule has 16 atom stereocenters. The number of cyclic esters (lactones) is 1. The average molecular weight is 916 g/mol. The van der Waals surface area contributed by atoms with Crippen LogP contribution in [0.15, 0.2) is 47.6 Å². The Balaban J connectivity index is 1.70. The number of methoxy groups -OCH3 is 3. The second-order valence-electron chi connectivity index (χ2n) is 19.8. The number of carbonyl (C=O) groups excluding carboxylic acids is 4. The standard InChI is InChI=1S/C51H81NO13/c1-30-16-12-11-13-17-31(2)42(61-8)28-38-21-19-36(7)51(60,65-38)48(57)49(58)52-23-15-14-18-39(52)50(59)64-43(33(4)26-37-20-22-40(53)44(27-37)62-9)29-41(54)32(3)25-35(6)46(56)47(63-10)45(55)34(5)24-30/h11-13,16-17,25,30,32-34,36-40,42-44,46-48,53,56-57,60H,14-15,18-24,26-29H2,1-10H3/b13-11+,16-12+,31-17+,35-25+/t30-,32-,33-,34?,36?,37?,38+,39?,40-,42+,43?,44?,46?,47+,48?,51?/m1/s1. The monoisotopic (exact) mass is 916 g/mol. The molecular formula is C51H81NO13. The van der Waals surface area contributed by atoms with Gasteiger partial charge in [-0.1, -0.05) is 71.1 Å². The number of Topliss-reactive ketones (excluding diaryl/α,β-unsaturated/α-hetero) is 2. The first-order chi connectivity index (χ1) is 30.7. The summed E-state index contributed by atoms with van der Waals surface area (Å²) in [7, 11) is 4.55. The number of aliphatic hydroxyl groups is 4. The molecule has 4 N–H and O–H groups in total. The van der Waals surface area contributed by atoms with Crippen LogP contribution in [0.25, 0.3) is 0 Å². The molecule has 0 radical (unpaired) electrons. The Morgan fingerprint density at radius 2 is 1.57 bits per heavy atom. The first-order valence-electron chi connectivity index (χ1n) is 24.1. The molecule has 4 aliphatic rings. The van der Waals surface area contributed by atoms with Crippen LogP contribution in [0.5, 0.6) is 0 Å². The molecule has 3 heterocycles. The normalized spacial score (nSPS) is 41.5. The Morgan fingerprint density at radius 1 is 0.846 bits per heavy atom. The van der Waals surface area contributed by atoms with Crippen LogP contribution >= 0.6 is 0 Å². The van der Waals surface area contributed by atoms with Crippen LogP contribution < -0.4 is 0 Å². The number of carbonyl (C=O) groups is 4. The molecule has 3 aliphatic heterocycles. The van der Waals surface area contributed by atoms with E-state index in [1.807, 2.05) is 58.1 Å². The molecule has 4 rings (SSSR count). The molecule has 3 fully saturated rings. The number of allylic oxidation sites excluding steroid dienone is 6. The zero-order valence-electron chi connectivity index (χ0n) is 40.7. The van der Waals surface area contributed by atoms with Gasteiger partial charge in [-0.3, -0.25) is 14.4 Å². The van der Waals surface area contributed by atoms with Crippen LogP contribution in [0.3, 0.4) is 0 Å². The molecule has 14 heteroatoms. The summed E-state index contributed by atoms with van der Waals surface area (Å²) in [5.74, 6) is -6.22. The number of rotatable bonds is 6. The van der Waals surface area contributed by atoms with E-state index in [0.29, 0.717) is 63.4 Å². The van der Waals surface area contributed by atoms with E-state index in [1.54, 1.807) is 41.1 Å². The van der Waals surface area contributed by atoms with Gasteiger partial charge in [0.15, 0.2) is 11.9 Å². The number of esters is 1. The lowest BCUT2D eigenvalue weighted by Crippen LogP contribution is -2.63. The number of ketones is 2. The molecule has 1 amide bonds. The lowest BCUT2D eigenvalue weighted by Gasteiger charge is -2.46. The molecule has 2 bridgehead atoms. The van der Waals surface area contributed by atoms with Crippen LogP contribution in [0, 0.1) is 35.5 Å². The Bertz CT molecular complexity index is 1710. The van der Waals surface area contributed by atoms with Crippen molar-refractivity contribution in [3.05, 3.63) is 47.6 Å². The van der Waals surface area contributed by atoms with Crippen molar-refractivity contribution in [1.82, 2.24) is 4.90 Å². The van der Waals surface area contributed by atoms with E-state index < -0.39 is 78.1 Å². The van der Waals surface area contributed by atoms with Crippen LogP contribution in [-0.2, 0) is 42.9 Å². The summed E-state index contributed by atoms with van der Waals surface area (Å²) in [6.07, 6.45) is 9.72. The second-order valence-corrected chi connectivity index (χ2v) is 19.8. The molecule has 0 aromatic carbocycles. The molecule has 9 unspecified atom stereocenters. The van der Waals surface area contributed by atoms with Crippen molar-refractivity contribution in [2.24, 2.45) is 35.5 Å². The van der Waals surface area contributed by atoms with E-state index in [2.05, 4.69) is 0 Å². The number of hydrogen-bond acceptors (Lipinski definition) is 13. The van der Waals surface area contributed by atoms with Gasteiger partial charge in [0.2, 0.25) is 5.79 Å². The lowest BCUT2D eigenvalue weighted by molar-refractivity contribution is -0.317. The van der Waals surface area contributed by atoms with Crippen LogP contribution in [0.1, 0.15) is 126 Å². The van der Waals surface area contributed by atoms with Gasteiger partial charge in [0.05, 0.1) is 24.4 Å². The van der Waals surface area contributed by atoms with Gasteiger partial charge in [-0.15, -0.1) is 0 Å². The zero-order chi connectivity index (χ0) is 48.2. The highest BCUT2D eigenvalue weighted by Crippen LogP contribution is 2.39. The number of nitrogens with zero attached hydrogens (tertiary/aromatic N) is 1. The third-order valence-electron chi connectivity index (χ3n) is 14.7. The van der Waals surface area contributed by atoms with E-state index in [-0.39, 0.29) is 60.9 Å². The van der Waals surface area contributed by atoms with Crippen molar-refractivity contribution in [2.45, 2.75) is 186 Å². The molecule has 0 aromatic rings. The van der Waals surface area contributed by atoms with Crippen molar-refractivity contribution < 1.29 is 63.3 Å². The molecule has 0 aromatic heterocycles. The van der Waals surface area contributed by atoms with E-state index >= 15 is 0 Å². The van der Waals surface area contributed by atoms with Crippen molar-refractivity contribution in [1.29, 1.82) is 0 Å². The van der Waals surface area contributed by atoms with Gasteiger partial charge >= 0.3 is 5.97 Å². The van der Waals surface area contributed by atoms with Gasteiger partial charge in [-0.2, -0.15) is 0 Å². The fourth-order valence-electron chi connectivity index (χ4n) is 10.3. The van der Waals surface area contributed by atoms with Crippen LogP contribution in [0.2, 0.25) is 0 Å². The molecule has 368 valence electrons. The minimum absolute atomic E-state index is 0.0264. The Kier molecular flexibility index (Phi) is 21.3. The quantitative estimate of drug-likeness (QED) is 0.180. The third-order valence-corrected chi connectivity index (χ3v) is 14.7. The molecule has 65 heavy (non-hydrogen) atoms. The first kappa shape index (κ1) is 54.5. The van der Waals surface area contributed by atoms with E-state index in [1.165, 1.54) is 12.0 Å². The zero-order valence-corrected chi connectivity index (χ0v) is 40.7. The molecule has 14 nitrogen and oxygen atoms in total. The second kappa shape index (κ2) is 25.3. The SMILES string of the molecule is COC1CC(C[C@@H](C)C2CC(=O)[C@H](C)/C=C(\C)C(O)[C@@H](OC)C(=O)C(C)C[C@H](C)/C=C/C=C/C=C(\C)[C@@H](OC)C[C@@H]3CCC(C)C(O)(O3)C(O)C(=O)N3CCCCC3C(=O)O2)CC[C@H]1O. The predicted octanol–water partition coefficient (Wildman–Crippen LogP) is 5.97. The predicted molar refractivity (Wildman–Crippen MR) is 246 cm³/mol. The van der Waals surface area contributed by atoms with Crippen molar-refractivity contribution in [3.63, 3.8) is 0 Å². The molecule has 2 saturated heterocycles. The smallest absolute Gasteiger partial charge is 0.329 e. The summed E-state index contributed by atoms with van der Waals surface area (Å²) in [5.41, 5.74) is 1.30. The summed E-state index contributed by atoms with van der Waals surface area (Å²) in [6.45, 7) is 12.9. The number of amides is 1. The number of fused-ring (bicyclic) bond motifs is 3. The Morgan fingerprint density at radius 3 is 2.25 bits per heavy atom. The van der Waals surface area contributed by atoms with Gasteiger partial charge in [0, 0.05) is 58.5 Å². The maximum Gasteiger partial charge on any atom is 0.329 e. The summed E-state index contributed by atoms with van der Waals surface area (Å²) in [6, 6.07) is -1.08. The molecule has 1 saturated carbocycles. The van der Waals surface area contributed by atoms with E-state index in [4.69, 9.17) is 23.7 Å². The average Bonchev–Trinajstić information content (AvgIpc) is 3.28. The first-order valence-corrected chi connectivity index (χ1v) is 24.1. The largest absolute Gasteiger partial charge is 0.460 e. The van der Waals surface area contributed by atoms with Gasteiger partial charge in [-0.25, -0.2) is 4.79 Å². The number of hydrogen-bond donors (Lipinski definition) is 4. The minimum Gasteiger partial charge on any atom is -0.460 e. The van der Waals surface area contributed by atoms with Crippen LogP contribution in [0.4, 0.5) is 0 Å². The lowest BCUT2D eigenvalue weighted by atomic mass is 9.78. The highest BCUT2D eigenvalue weighted by molar-refractivity contribution is 5.89. The van der Waals surface area contributed by atoms with Crippen molar-refractivity contribution >= 4 is 23.4 Å². The molecule has 1 aliphatic carbocycles. The molecular weight excluding hydrogens is 835 g/mol. The number of ether oxygens (including phenoxy) is 5. The topological polar surface area (TPSA) is 199 Å². The van der Waals surface area contributed by atoms with Crippen LogP contribution in [-0.4, -0.2) is 137 Å². The van der Waals surface area contributed by atoms with Gasteiger partial charge in [0.25, 0.3) is 5.91 Å². The third kappa shape index (κ3) is 14.5. The maximum absolute atomic E-state index is 14.4. The van der Waals surface area contributed by atoms with E-state index in [0.717, 1.165) is 12.0 Å². The Hall–Kier alpha value is -3.08. The summed E-state index contributed by atoms with van der Waals surface area (Å²) < 4.78 is 29.5. The van der Waals surface area contributed by atoms with Crippen molar-refractivity contribution in [3.8, 4) is 0 Å². The fraction of sp³-hybridized carbons (Fsp3) is 0.765. The molecule has 0 spiro atoms. The van der Waals surface area contributed by atoms with E-state index in [9.17, 15) is 39.6 Å². The highest BCUT2D eigenvalue weighted by atomic mass is 16.6. The fourth-order valence-corrected chi connectivity index (χ4v) is 10.3. The highest BCUT2D eigenvalue weighted by Gasteiger charge is 2.53. The van der Waals surface area contributed by atoms with Gasteiger partial charge in [0.1, 0.15) is 30.1 Å². The minimum atomic E-state index is -2.23. The maximum atomic E-state index is 14.4. The number of piperidine rings is 1. The summed E-state index contributed by atoms with van der Waals surface area (Å²) >= 11 is 0. The summed E-state index contributed by atoms with van der Waals surface area (Å²) in [4.78, 5) is 57.8. The van der Waals surface area contributed by atoms with Gasteiger partial charge < -0.3 is 49.0 Å². The van der Waals surface area contributed by atoms with Gasteiger partial charge in [-0.05, 0) is 107 Å².